The first kappa shape index (κ1) is 19.7. The van der Waals surface area contributed by atoms with Crippen molar-refractivity contribution in [2.24, 2.45) is 0 Å². The second-order valence-corrected chi connectivity index (χ2v) is 7.99. The van der Waals surface area contributed by atoms with E-state index < -0.39 is 33.1 Å². The number of nitrogens with one attached hydrogen (secondary N) is 1. The molecule has 0 aliphatic carbocycles. The van der Waals surface area contributed by atoms with Crippen LogP contribution in [0.4, 0.5) is 13.2 Å². The maximum Gasteiger partial charge on any atom is 0.573 e. The fraction of sp³-hybridized carbons (Fsp3) is 0.250. The summed E-state index contributed by atoms with van der Waals surface area (Å²) in [6.07, 6.45) is -5.01. The van der Waals surface area contributed by atoms with Crippen LogP contribution in [-0.4, -0.2) is 14.8 Å². The summed E-state index contributed by atoms with van der Waals surface area (Å²) >= 11 is 3.00. The van der Waals surface area contributed by atoms with Crippen molar-refractivity contribution < 1.29 is 26.3 Å². The van der Waals surface area contributed by atoms with Gasteiger partial charge in [-0.15, -0.1) is 13.2 Å². The van der Waals surface area contributed by atoms with Crippen LogP contribution in [0.1, 0.15) is 24.1 Å². The number of ether oxygens (including phenoxy) is 1. The summed E-state index contributed by atoms with van der Waals surface area (Å²) in [5.74, 6) is -0.800. The summed E-state index contributed by atoms with van der Waals surface area (Å²) in [7, 11) is -4.23. The number of sulfonamides is 1. The molecule has 2 aromatic rings. The Labute approximate surface area is 152 Å². The van der Waals surface area contributed by atoms with Gasteiger partial charge in [-0.3, -0.25) is 0 Å². The molecule has 0 saturated heterocycles. The lowest BCUT2D eigenvalue weighted by Crippen LogP contribution is -2.28. The molecule has 0 saturated carbocycles. The molecule has 0 aliphatic heterocycles. The van der Waals surface area contributed by atoms with E-state index in [0.29, 0.717) is 5.56 Å². The smallest absolute Gasteiger partial charge is 0.404 e. The van der Waals surface area contributed by atoms with Crippen molar-refractivity contribution in [1.82, 2.24) is 4.72 Å². The van der Waals surface area contributed by atoms with E-state index in [1.54, 1.807) is 19.1 Å². The van der Waals surface area contributed by atoms with E-state index in [4.69, 9.17) is 0 Å². The first-order valence-electron chi connectivity index (χ1n) is 7.12. The Morgan fingerprint density at radius 3 is 2.28 bits per heavy atom. The van der Waals surface area contributed by atoms with Crippen LogP contribution in [0.3, 0.4) is 0 Å². The van der Waals surface area contributed by atoms with Crippen molar-refractivity contribution in [3.63, 3.8) is 0 Å². The molecule has 0 amide bonds. The predicted octanol–water partition coefficient (Wildman–Crippen LogP) is 4.70. The van der Waals surface area contributed by atoms with Gasteiger partial charge in [0.2, 0.25) is 10.0 Å². The molecule has 0 aliphatic rings. The number of alkyl halides is 3. The van der Waals surface area contributed by atoms with Crippen LogP contribution in [0.25, 0.3) is 0 Å². The van der Waals surface area contributed by atoms with Gasteiger partial charge in [0.1, 0.15) is 4.90 Å². The Balaban J connectivity index is 2.34. The molecule has 9 heteroatoms. The average molecular weight is 438 g/mol. The van der Waals surface area contributed by atoms with Crippen LogP contribution >= 0.6 is 15.9 Å². The molecule has 0 fully saturated rings. The number of rotatable bonds is 5. The van der Waals surface area contributed by atoms with Gasteiger partial charge in [-0.05, 0) is 37.6 Å². The average Bonchev–Trinajstić information content (AvgIpc) is 2.45. The summed E-state index contributed by atoms with van der Waals surface area (Å²) in [6.45, 7) is 3.49. The molecule has 0 aromatic heterocycles. The fourth-order valence-corrected chi connectivity index (χ4v) is 3.81. The van der Waals surface area contributed by atoms with Crippen LogP contribution in [0.5, 0.6) is 5.75 Å². The van der Waals surface area contributed by atoms with Crippen molar-refractivity contribution in [1.29, 1.82) is 0 Å². The van der Waals surface area contributed by atoms with Gasteiger partial charge in [0, 0.05) is 10.5 Å². The highest BCUT2D eigenvalue weighted by Gasteiger charge is 2.34. The maximum absolute atomic E-state index is 12.6. The summed E-state index contributed by atoms with van der Waals surface area (Å²) in [6, 6.07) is 9.83. The lowest BCUT2D eigenvalue weighted by Gasteiger charge is -2.18. The lowest BCUT2D eigenvalue weighted by atomic mass is 10.1. The van der Waals surface area contributed by atoms with E-state index in [1.807, 2.05) is 19.1 Å². The first-order chi connectivity index (χ1) is 11.5. The Morgan fingerprint density at radius 1 is 1.12 bits per heavy atom. The molecule has 0 spiro atoms. The summed E-state index contributed by atoms with van der Waals surface area (Å²) < 4.78 is 69.2. The number of hydrogen-bond acceptors (Lipinski definition) is 3. The number of aryl methyl sites for hydroxylation is 1. The highest BCUT2D eigenvalue weighted by Crippen LogP contribution is 2.33. The van der Waals surface area contributed by atoms with Gasteiger partial charge in [0.05, 0.1) is 0 Å². The molecule has 2 aromatic carbocycles. The van der Waals surface area contributed by atoms with Gasteiger partial charge < -0.3 is 4.74 Å². The maximum atomic E-state index is 12.6. The second kappa shape index (κ2) is 7.35. The minimum atomic E-state index is -5.01. The van der Waals surface area contributed by atoms with Gasteiger partial charge in [0.15, 0.2) is 5.75 Å². The monoisotopic (exact) mass is 437 g/mol. The summed E-state index contributed by atoms with van der Waals surface area (Å²) in [5, 5.41) is 0. The summed E-state index contributed by atoms with van der Waals surface area (Å²) in [4.78, 5) is -0.591. The lowest BCUT2D eigenvalue weighted by molar-refractivity contribution is -0.275. The molecule has 1 N–H and O–H groups in total. The minimum absolute atomic E-state index is 0.261. The van der Waals surface area contributed by atoms with Gasteiger partial charge in [-0.25, -0.2) is 13.1 Å². The van der Waals surface area contributed by atoms with E-state index in [0.717, 1.165) is 17.7 Å². The van der Waals surface area contributed by atoms with E-state index in [9.17, 15) is 21.6 Å². The topological polar surface area (TPSA) is 55.4 Å². The molecule has 136 valence electrons. The van der Waals surface area contributed by atoms with Crippen molar-refractivity contribution in [2.45, 2.75) is 31.1 Å². The zero-order chi connectivity index (χ0) is 18.8. The Kier molecular flexibility index (Phi) is 5.80. The van der Waals surface area contributed by atoms with Crippen molar-refractivity contribution in [3.8, 4) is 5.75 Å². The molecular weight excluding hydrogens is 423 g/mol. The second-order valence-electron chi connectivity index (χ2n) is 5.39. The van der Waals surface area contributed by atoms with Crippen molar-refractivity contribution >= 4 is 26.0 Å². The molecule has 25 heavy (non-hydrogen) atoms. The van der Waals surface area contributed by atoms with Crippen LogP contribution in [-0.2, 0) is 10.0 Å². The van der Waals surface area contributed by atoms with Crippen LogP contribution in [0.15, 0.2) is 51.8 Å². The largest absolute Gasteiger partial charge is 0.573 e. The Hall–Kier alpha value is -1.58. The van der Waals surface area contributed by atoms with E-state index in [1.165, 1.54) is 6.07 Å². The molecule has 1 unspecified atom stereocenters. The van der Waals surface area contributed by atoms with Crippen LogP contribution < -0.4 is 9.46 Å². The third-order valence-electron chi connectivity index (χ3n) is 3.33. The normalized spacial score (nSPS) is 13.5. The van der Waals surface area contributed by atoms with E-state index >= 15 is 0 Å². The van der Waals surface area contributed by atoms with Gasteiger partial charge in [-0.1, -0.05) is 45.8 Å². The molecular formula is C16H15BrF3NO3S. The number of hydrogen-bond donors (Lipinski definition) is 1. The van der Waals surface area contributed by atoms with Crippen LogP contribution in [0.2, 0.25) is 0 Å². The Morgan fingerprint density at radius 2 is 1.72 bits per heavy atom. The first-order valence-corrected chi connectivity index (χ1v) is 9.40. The zero-order valence-corrected chi connectivity index (χ0v) is 15.7. The van der Waals surface area contributed by atoms with E-state index in [-0.39, 0.29) is 4.47 Å². The van der Waals surface area contributed by atoms with Crippen LogP contribution in [0, 0.1) is 6.92 Å². The third-order valence-corrected chi connectivity index (χ3v) is 5.40. The molecule has 0 heterocycles. The van der Waals surface area contributed by atoms with Gasteiger partial charge in [0.25, 0.3) is 0 Å². The van der Waals surface area contributed by atoms with Gasteiger partial charge >= 0.3 is 6.36 Å². The minimum Gasteiger partial charge on any atom is -0.404 e. The Bertz CT molecular complexity index is 852. The number of halogens is 4. The third kappa shape index (κ3) is 5.45. The number of benzene rings is 2. The zero-order valence-electron chi connectivity index (χ0n) is 13.3. The molecule has 0 bridgehead atoms. The highest BCUT2D eigenvalue weighted by atomic mass is 79.9. The molecule has 4 nitrogen and oxygen atoms in total. The standard InChI is InChI=1S/C16H15BrF3NO3S/c1-10-3-5-12(6-4-10)11(2)21-25(22,23)15-8-7-13(17)9-14(15)24-16(18,19)20/h3-9,11,21H,1-2H3. The SMILES string of the molecule is Cc1ccc(C(C)NS(=O)(=O)c2ccc(Br)cc2OC(F)(F)F)cc1. The van der Waals surface area contributed by atoms with Gasteiger partial charge in [-0.2, -0.15) is 0 Å². The van der Waals surface area contributed by atoms with Crippen molar-refractivity contribution in [2.75, 3.05) is 0 Å². The molecule has 2 rings (SSSR count). The van der Waals surface area contributed by atoms with E-state index in [2.05, 4.69) is 25.4 Å². The summed E-state index contributed by atoms with van der Waals surface area (Å²) in [5.41, 5.74) is 1.69. The van der Waals surface area contributed by atoms with Crippen molar-refractivity contribution in [3.05, 3.63) is 58.1 Å². The predicted molar refractivity (Wildman–Crippen MR) is 90.7 cm³/mol. The molecule has 1 atom stereocenters. The fourth-order valence-electron chi connectivity index (χ4n) is 2.13. The highest BCUT2D eigenvalue weighted by molar-refractivity contribution is 9.10. The quantitative estimate of drug-likeness (QED) is 0.737. The molecule has 0 radical (unpaired) electrons.